The molecule has 1 aromatic carbocycles. The molecule has 0 bridgehead atoms. The molecule has 5 heteroatoms. The van der Waals surface area contributed by atoms with Gasteiger partial charge in [-0.3, -0.25) is 0 Å². The third-order valence-corrected chi connectivity index (χ3v) is 4.64. The van der Waals surface area contributed by atoms with E-state index < -0.39 is 0 Å². The fourth-order valence-corrected chi connectivity index (χ4v) is 3.04. The fourth-order valence-electron chi connectivity index (χ4n) is 2.61. The molecule has 0 spiro atoms. The number of aromatic nitrogens is 2. The lowest BCUT2D eigenvalue weighted by atomic mass is 10.1. The zero-order valence-corrected chi connectivity index (χ0v) is 13.8. The van der Waals surface area contributed by atoms with E-state index in [-0.39, 0.29) is 0 Å². The first-order valence-corrected chi connectivity index (χ1v) is 8.33. The molecule has 1 unspecified atom stereocenters. The van der Waals surface area contributed by atoms with Crippen molar-refractivity contribution >= 4 is 15.9 Å². The first kappa shape index (κ1) is 14.7. The van der Waals surface area contributed by atoms with E-state index in [1.807, 2.05) is 18.2 Å². The number of nitrogens with one attached hydrogen (secondary N) is 1. The molecule has 1 aliphatic carbocycles. The second-order valence-electron chi connectivity index (χ2n) is 5.58. The highest BCUT2D eigenvalue weighted by molar-refractivity contribution is 9.10. The van der Waals surface area contributed by atoms with E-state index in [0.29, 0.717) is 12.5 Å². The van der Waals surface area contributed by atoms with Gasteiger partial charge in [-0.05, 0) is 36.9 Å². The Kier molecular flexibility index (Phi) is 4.70. The summed E-state index contributed by atoms with van der Waals surface area (Å²) in [5.41, 5.74) is 1.18. The van der Waals surface area contributed by atoms with Gasteiger partial charge in [0.2, 0.25) is 5.89 Å². The van der Waals surface area contributed by atoms with Crippen LogP contribution in [-0.2, 0) is 12.8 Å². The van der Waals surface area contributed by atoms with Crippen LogP contribution in [0.1, 0.15) is 37.0 Å². The van der Waals surface area contributed by atoms with Gasteiger partial charge in [0, 0.05) is 23.4 Å². The number of rotatable bonds is 7. The summed E-state index contributed by atoms with van der Waals surface area (Å²) in [5.74, 6) is 2.28. The van der Waals surface area contributed by atoms with E-state index in [4.69, 9.17) is 4.52 Å². The largest absolute Gasteiger partial charge is 0.339 e. The van der Waals surface area contributed by atoms with Gasteiger partial charge in [-0.2, -0.15) is 4.98 Å². The molecule has 1 atom stereocenters. The molecule has 0 amide bonds. The van der Waals surface area contributed by atoms with Crippen LogP contribution in [0.15, 0.2) is 33.3 Å². The maximum Gasteiger partial charge on any atom is 0.228 e. The summed E-state index contributed by atoms with van der Waals surface area (Å²) in [6.07, 6.45) is 4.16. The van der Waals surface area contributed by atoms with Gasteiger partial charge in [0.05, 0.1) is 0 Å². The maximum atomic E-state index is 5.42. The normalized spacial score (nSPS) is 16.1. The molecule has 21 heavy (non-hydrogen) atoms. The predicted octanol–water partition coefficient (Wildman–Crippen LogP) is 3.35. The molecule has 1 fully saturated rings. The van der Waals surface area contributed by atoms with Crippen molar-refractivity contribution in [2.24, 2.45) is 5.92 Å². The van der Waals surface area contributed by atoms with Gasteiger partial charge in [-0.1, -0.05) is 46.2 Å². The molecule has 1 aromatic heterocycles. The highest BCUT2D eigenvalue weighted by Gasteiger charge is 2.31. The Balaban J connectivity index is 1.64. The minimum Gasteiger partial charge on any atom is -0.339 e. The van der Waals surface area contributed by atoms with E-state index in [1.54, 1.807) is 0 Å². The third kappa shape index (κ3) is 3.92. The smallest absolute Gasteiger partial charge is 0.228 e. The van der Waals surface area contributed by atoms with Crippen LogP contribution in [0.2, 0.25) is 0 Å². The number of benzene rings is 1. The Morgan fingerprint density at radius 3 is 2.90 bits per heavy atom. The lowest BCUT2D eigenvalue weighted by Gasteiger charge is -2.14. The molecule has 3 rings (SSSR count). The Morgan fingerprint density at radius 1 is 1.38 bits per heavy atom. The van der Waals surface area contributed by atoms with Crippen LogP contribution in [-0.4, -0.2) is 22.7 Å². The number of halogens is 1. The van der Waals surface area contributed by atoms with E-state index in [2.05, 4.69) is 44.4 Å². The molecule has 1 heterocycles. The summed E-state index contributed by atoms with van der Waals surface area (Å²) in [7, 11) is 0. The fraction of sp³-hybridized carbons (Fsp3) is 0.500. The maximum absolute atomic E-state index is 5.42. The molecule has 1 aliphatic rings. The van der Waals surface area contributed by atoms with Crippen molar-refractivity contribution in [3.8, 4) is 0 Å². The van der Waals surface area contributed by atoms with Crippen molar-refractivity contribution in [2.75, 3.05) is 6.54 Å². The van der Waals surface area contributed by atoms with Crippen molar-refractivity contribution in [2.45, 2.75) is 38.6 Å². The average Bonchev–Trinajstić information content (AvgIpc) is 3.23. The molecular weight excluding hydrogens is 330 g/mol. The Morgan fingerprint density at radius 2 is 2.19 bits per heavy atom. The number of hydrogen-bond acceptors (Lipinski definition) is 4. The van der Waals surface area contributed by atoms with Crippen molar-refractivity contribution in [3.63, 3.8) is 0 Å². The van der Waals surface area contributed by atoms with Gasteiger partial charge in [-0.15, -0.1) is 0 Å². The molecule has 0 saturated heterocycles. The molecule has 2 aromatic rings. The summed E-state index contributed by atoms with van der Waals surface area (Å²) < 4.78 is 6.50. The Bertz CT molecular complexity index is 595. The molecule has 0 aliphatic heterocycles. The number of hydrogen-bond donors (Lipinski definition) is 1. The molecule has 1 N–H and O–H groups in total. The van der Waals surface area contributed by atoms with Gasteiger partial charge in [-0.25, -0.2) is 0 Å². The summed E-state index contributed by atoms with van der Waals surface area (Å²) in [4.78, 5) is 4.54. The van der Waals surface area contributed by atoms with Gasteiger partial charge in [0.15, 0.2) is 5.82 Å². The minimum absolute atomic E-state index is 0.478. The molecule has 1 saturated carbocycles. The minimum atomic E-state index is 0.478. The van der Waals surface area contributed by atoms with Crippen LogP contribution in [0.4, 0.5) is 0 Å². The van der Waals surface area contributed by atoms with Crippen LogP contribution in [0.25, 0.3) is 0 Å². The SMILES string of the molecule is CCNC(Cc1nc(Cc2ccccc2Br)no1)C1CC1. The van der Waals surface area contributed by atoms with Crippen LogP contribution >= 0.6 is 15.9 Å². The van der Waals surface area contributed by atoms with E-state index >= 15 is 0 Å². The zero-order valence-electron chi connectivity index (χ0n) is 12.2. The van der Waals surface area contributed by atoms with Crippen LogP contribution in [0.5, 0.6) is 0 Å². The molecular formula is C16H20BrN3O. The number of nitrogens with zero attached hydrogens (tertiary/aromatic N) is 2. The zero-order chi connectivity index (χ0) is 14.7. The van der Waals surface area contributed by atoms with E-state index in [1.165, 1.54) is 18.4 Å². The van der Waals surface area contributed by atoms with Crippen molar-refractivity contribution in [3.05, 3.63) is 46.0 Å². The first-order valence-electron chi connectivity index (χ1n) is 7.54. The van der Waals surface area contributed by atoms with Gasteiger partial charge in [0.1, 0.15) is 0 Å². The van der Waals surface area contributed by atoms with Crippen molar-refractivity contribution in [1.29, 1.82) is 0 Å². The van der Waals surface area contributed by atoms with Gasteiger partial charge in [0.25, 0.3) is 0 Å². The lowest BCUT2D eigenvalue weighted by molar-refractivity contribution is 0.345. The van der Waals surface area contributed by atoms with Crippen molar-refractivity contribution < 1.29 is 4.52 Å². The van der Waals surface area contributed by atoms with Crippen molar-refractivity contribution in [1.82, 2.24) is 15.5 Å². The molecule has 112 valence electrons. The predicted molar refractivity (Wildman–Crippen MR) is 85.1 cm³/mol. The van der Waals surface area contributed by atoms with Crippen LogP contribution < -0.4 is 5.32 Å². The standard InChI is InChI=1S/C16H20BrN3O/c1-2-18-14(11-7-8-11)10-16-19-15(20-21-16)9-12-5-3-4-6-13(12)17/h3-6,11,14,18H,2,7-10H2,1H3. The van der Waals surface area contributed by atoms with E-state index in [0.717, 1.165) is 35.1 Å². The van der Waals surface area contributed by atoms with Crippen LogP contribution in [0.3, 0.4) is 0 Å². The second-order valence-corrected chi connectivity index (χ2v) is 6.43. The lowest BCUT2D eigenvalue weighted by Crippen LogP contribution is -2.33. The third-order valence-electron chi connectivity index (χ3n) is 3.87. The monoisotopic (exact) mass is 349 g/mol. The Hall–Kier alpha value is -1.20. The summed E-state index contributed by atoms with van der Waals surface area (Å²) >= 11 is 3.55. The van der Waals surface area contributed by atoms with Crippen LogP contribution in [0, 0.1) is 5.92 Å². The highest BCUT2D eigenvalue weighted by Crippen LogP contribution is 2.33. The summed E-state index contributed by atoms with van der Waals surface area (Å²) in [5, 5.41) is 7.64. The highest BCUT2D eigenvalue weighted by atomic mass is 79.9. The van der Waals surface area contributed by atoms with E-state index in [9.17, 15) is 0 Å². The summed E-state index contributed by atoms with van der Waals surface area (Å²) in [6, 6.07) is 8.62. The molecule has 0 radical (unpaired) electrons. The topological polar surface area (TPSA) is 51.0 Å². The quantitative estimate of drug-likeness (QED) is 0.832. The average molecular weight is 350 g/mol. The molecule has 4 nitrogen and oxygen atoms in total. The Labute approximate surface area is 133 Å². The summed E-state index contributed by atoms with van der Waals surface area (Å²) in [6.45, 7) is 3.13. The number of likely N-dealkylation sites (N-methyl/N-ethyl adjacent to an activating group) is 1. The second kappa shape index (κ2) is 6.71. The first-order chi connectivity index (χ1) is 10.3. The van der Waals surface area contributed by atoms with Gasteiger partial charge < -0.3 is 9.84 Å². The van der Waals surface area contributed by atoms with Gasteiger partial charge >= 0.3 is 0 Å².